The van der Waals surface area contributed by atoms with Crippen molar-refractivity contribution in [1.82, 2.24) is 0 Å². The normalized spacial score (nSPS) is 20.7. The number of benzene rings is 1. The molecular weight excluding hydrogens is 194 g/mol. The van der Waals surface area contributed by atoms with Crippen LogP contribution in [0.3, 0.4) is 0 Å². The van der Waals surface area contributed by atoms with Gasteiger partial charge in [-0.15, -0.1) is 0 Å². The van der Waals surface area contributed by atoms with E-state index in [2.05, 4.69) is 0 Å². The van der Waals surface area contributed by atoms with Gasteiger partial charge < -0.3 is 14.8 Å². The van der Waals surface area contributed by atoms with E-state index in [4.69, 9.17) is 0 Å². The van der Waals surface area contributed by atoms with Gasteiger partial charge in [-0.25, -0.2) is 0 Å². The SMILES string of the molecule is O=C([O-])[C@H]1CC(=O)N(c2ccccc2)C1. The van der Waals surface area contributed by atoms with Crippen LogP contribution in [0, 0.1) is 5.92 Å². The molecule has 0 radical (unpaired) electrons. The summed E-state index contributed by atoms with van der Waals surface area (Å²) in [6.07, 6.45) is 0.0389. The van der Waals surface area contributed by atoms with Crippen molar-refractivity contribution in [3.63, 3.8) is 0 Å². The smallest absolute Gasteiger partial charge is 0.227 e. The van der Waals surface area contributed by atoms with E-state index in [9.17, 15) is 14.7 Å². The molecule has 1 heterocycles. The number of carboxylic acid groups (broad SMARTS) is 1. The van der Waals surface area contributed by atoms with Crippen LogP contribution in [-0.2, 0) is 9.59 Å². The van der Waals surface area contributed by atoms with Gasteiger partial charge in [0.25, 0.3) is 0 Å². The van der Waals surface area contributed by atoms with Crippen molar-refractivity contribution in [2.24, 2.45) is 5.92 Å². The molecule has 0 unspecified atom stereocenters. The van der Waals surface area contributed by atoms with Crippen LogP contribution in [0.2, 0.25) is 0 Å². The number of rotatable bonds is 2. The third-order valence-corrected chi connectivity index (χ3v) is 2.53. The van der Waals surface area contributed by atoms with E-state index in [1.807, 2.05) is 18.2 Å². The van der Waals surface area contributed by atoms with E-state index >= 15 is 0 Å². The zero-order chi connectivity index (χ0) is 10.8. The van der Waals surface area contributed by atoms with Gasteiger partial charge in [0.1, 0.15) is 0 Å². The summed E-state index contributed by atoms with van der Waals surface area (Å²) in [6, 6.07) is 9.05. The Morgan fingerprint density at radius 3 is 2.53 bits per heavy atom. The first-order valence-corrected chi connectivity index (χ1v) is 4.75. The first kappa shape index (κ1) is 9.71. The fraction of sp³-hybridized carbons (Fsp3) is 0.273. The molecular formula is C11H10NO3-. The Morgan fingerprint density at radius 2 is 2.00 bits per heavy atom. The van der Waals surface area contributed by atoms with Gasteiger partial charge in [0.15, 0.2) is 0 Å². The van der Waals surface area contributed by atoms with Crippen LogP contribution in [-0.4, -0.2) is 18.4 Å². The summed E-state index contributed by atoms with van der Waals surface area (Å²) < 4.78 is 0. The van der Waals surface area contributed by atoms with Gasteiger partial charge in [0, 0.05) is 30.5 Å². The summed E-state index contributed by atoms with van der Waals surface area (Å²) in [5.41, 5.74) is 0.742. The van der Waals surface area contributed by atoms with E-state index in [0.717, 1.165) is 5.69 Å². The van der Waals surface area contributed by atoms with E-state index in [-0.39, 0.29) is 18.9 Å². The number of carbonyl (C=O) groups is 2. The lowest BCUT2D eigenvalue weighted by molar-refractivity contribution is -0.310. The maximum Gasteiger partial charge on any atom is 0.227 e. The molecule has 4 nitrogen and oxygen atoms in total. The third-order valence-electron chi connectivity index (χ3n) is 2.53. The molecule has 1 aromatic carbocycles. The molecule has 1 aliphatic rings. The molecule has 0 saturated carbocycles. The van der Waals surface area contributed by atoms with E-state index in [1.54, 1.807) is 12.1 Å². The van der Waals surface area contributed by atoms with Gasteiger partial charge in [-0.1, -0.05) is 18.2 Å². The fourth-order valence-corrected chi connectivity index (χ4v) is 1.72. The lowest BCUT2D eigenvalue weighted by Gasteiger charge is -2.16. The highest BCUT2D eigenvalue weighted by Gasteiger charge is 2.30. The Kier molecular flexibility index (Phi) is 2.41. The van der Waals surface area contributed by atoms with Gasteiger partial charge in [0.05, 0.1) is 0 Å². The zero-order valence-electron chi connectivity index (χ0n) is 8.05. The molecule has 1 atom stereocenters. The maximum atomic E-state index is 11.5. The molecule has 0 N–H and O–H groups in total. The molecule has 0 aliphatic carbocycles. The second kappa shape index (κ2) is 3.73. The molecule has 1 amide bonds. The summed E-state index contributed by atoms with van der Waals surface area (Å²) in [5, 5.41) is 10.6. The molecule has 1 fully saturated rings. The number of nitrogens with zero attached hydrogens (tertiary/aromatic N) is 1. The minimum absolute atomic E-state index is 0.0389. The van der Waals surface area contributed by atoms with Crippen molar-refractivity contribution in [1.29, 1.82) is 0 Å². The minimum atomic E-state index is -1.15. The second-order valence-corrected chi connectivity index (χ2v) is 3.56. The van der Waals surface area contributed by atoms with Crippen LogP contribution >= 0.6 is 0 Å². The number of hydrogen-bond donors (Lipinski definition) is 0. The Balaban J connectivity index is 2.19. The molecule has 0 bridgehead atoms. The number of anilines is 1. The van der Waals surface area contributed by atoms with Gasteiger partial charge in [0.2, 0.25) is 5.91 Å². The average molecular weight is 204 g/mol. The number of carboxylic acids is 1. The van der Waals surface area contributed by atoms with Crippen molar-refractivity contribution in [2.75, 3.05) is 11.4 Å². The van der Waals surface area contributed by atoms with Crippen molar-refractivity contribution in [3.05, 3.63) is 30.3 Å². The molecule has 78 valence electrons. The number of hydrogen-bond acceptors (Lipinski definition) is 3. The molecule has 4 heteroatoms. The number of para-hydroxylation sites is 1. The summed E-state index contributed by atoms with van der Waals surface area (Å²) in [7, 11) is 0. The van der Waals surface area contributed by atoms with Crippen LogP contribution in [0.15, 0.2) is 30.3 Å². The van der Waals surface area contributed by atoms with Crippen molar-refractivity contribution in [2.45, 2.75) is 6.42 Å². The molecule has 1 aliphatic heterocycles. The predicted molar refractivity (Wildman–Crippen MR) is 51.9 cm³/mol. The third kappa shape index (κ3) is 1.83. The van der Waals surface area contributed by atoms with Crippen LogP contribution in [0.1, 0.15) is 6.42 Å². The number of aliphatic carboxylic acids is 1. The summed E-state index contributed by atoms with van der Waals surface area (Å²) in [5.74, 6) is -1.99. The second-order valence-electron chi connectivity index (χ2n) is 3.56. The topological polar surface area (TPSA) is 60.4 Å². The summed E-state index contributed by atoms with van der Waals surface area (Å²) >= 11 is 0. The molecule has 2 rings (SSSR count). The highest BCUT2D eigenvalue weighted by molar-refractivity contribution is 5.98. The average Bonchev–Trinajstić information content (AvgIpc) is 2.62. The van der Waals surface area contributed by atoms with Crippen molar-refractivity contribution in [3.8, 4) is 0 Å². The quantitative estimate of drug-likeness (QED) is 0.669. The van der Waals surface area contributed by atoms with Crippen LogP contribution < -0.4 is 10.0 Å². The van der Waals surface area contributed by atoms with E-state index < -0.39 is 11.9 Å². The molecule has 15 heavy (non-hydrogen) atoms. The molecule has 0 aromatic heterocycles. The van der Waals surface area contributed by atoms with Gasteiger partial charge >= 0.3 is 0 Å². The van der Waals surface area contributed by atoms with Crippen molar-refractivity contribution < 1.29 is 14.7 Å². The van der Waals surface area contributed by atoms with Gasteiger partial charge in [-0.2, -0.15) is 0 Å². The van der Waals surface area contributed by atoms with Crippen LogP contribution in [0.25, 0.3) is 0 Å². The Hall–Kier alpha value is -1.84. The largest absolute Gasteiger partial charge is 0.550 e. The lowest BCUT2D eigenvalue weighted by Crippen LogP contribution is -2.33. The first-order chi connectivity index (χ1) is 7.18. The highest BCUT2D eigenvalue weighted by atomic mass is 16.4. The maximum absolute atomic E-state index is 11.5. The Bertz CT molecular complexity index is 388. The molecule has 1 aromatic rings. The van der Waals surface area contributed by atoms with E-state index in [0.29, 0.717) is 0 Å². The van der Waals surface area contributed by atoms with Crippen LogP contribution in [0.5, 0.6) is 0 Å². The van der Waals surface area contributed by atoms with Gasteiger partial charge in [-0.05, 0) is 12.1 Å². The standard InChI is InChI=1S/C11H11NO3/c13-10-6-8(11(14)15)7-12(10)9-4-2-1-3-5-9/h1-5,8H,6-7H2,(H,14,15)/p-1/t8-/m0/s1. The minimum Gasteiger partial charge on any atom is -0.550 e. The van der Waals surface area contributed by atoms with Crippen molar-refractivity contribution >= 4 is 17.6 Å². The predicted octanol–water partition coefficient (Wildman–Crippen LogP) is -0.211. The monoisotopic (exact) mass is 204 g/mol. The highest BCUT2D eigenvalue weighted by Crippen LogP contribution is 2.24. The summed E-state index contributed by atoms with van der Waals surface area (Å²) in [6.45, 7) is 0.213. The molecule has 0 spiro atoms. The van der Waals surface area contributed by atoms with Gasteiger partial charge in [-0.3, -0.25) is 4.79 Å². The first-order valence-electron chi connectivity index (χ1n) is 4.75. The zero-order valence-corrected chi connectivity index (χ0v) is 8.05. The fourth-order valence-electron chi connectivity index (χ4n) is 1.72. The lowest BCUT2D eigenvalue weighted by atomic mass is 10.1. The van der Waals surface area contributed by atoms with E-state index in [1.165, 1.54) is 4.90 Å². The number of amides is 1. The summed E-state index contributed by atoms with van der Waals surface area (Å²) in [4.78, 5) is 23.6. The Morgan fingerprint density at radius 1 is 1.33 bits per heavy atom. The Labute approximate surface area is 87.1 Å². The number of carbonyl (C=O) groups excluding carboxylic acids is 2. The molecule has 1 saturated heterocycles. The van der Waals surface area contributed by atoms with Crippen LogP contribution in [0.4, 0.5) is 5.69 Å².